The van der Waals surface area contributed by atoms with Gasteiger partial charge in [-0.05, 0) is 56.2 Å². The van der Waals surface area contributed by atoms with Crippen LogP contribution in [-0.2, 0) is 21.2 Å². The molecule has 0 radical (unpaired) electrons. The molecule has 0 unspecified atom stereocenters. The third-order valence-corrected chi connectivity index (χ3v) is 7.79. The normalized spacial score (nSPS) is 15.1. The first kappa shape index (κ1) is 23.6. The van der Waals surface area contributed by atoms with E-state index in [1.165, 1.54) is 26.4 Å². The lowest BCUT2D eigenvalue weighted by atomic mass is 10.1. The second kappa shape index (κ2) is 9.38. The number of methoxy groups -OCH3 is 2. The predicted molar refractivity (Wildman–Crippen MR) is 132 cm³/mol. The number of benzene rings is 3. The summed E-state index contributed by atoms with van der Waals surface area (Å²) < 4.78 is 39.4. The van der Waals surface area contributed by atoms with Crippen molar-refractivity contribution in [2.24, 2.45) is 0 Å². The maximum Gasteiger partial charge on any atom is 0.264 e. The van der Waals surface area contributed by atoms with E-state index in [4.69, 9.17) is 9.47 Å². The van der Waals surface area contributed by atoms with E-state index in [0.717, 1.165) is 27.5 Å². The van der Waals surface area contributed by atoms with Gasteiger partial charge < -0.3 is 14.4 Å². The molecule has 178 valence electrons. The second-order valence-electron chi connectivity index (χ2n) is 8.31. The second-order valence-corrected chi connectivity index (χ2v) is 10.2. The molecule has 0 spiro atoms. The van der Waals surface area contributed by atoms with Crippen molar-refractivity contribution in [1.29, 1.82) is 0 Å². The van der Waals surface area contributed by atoms with Crippen LogP contribution in [0.15, 0.2) is 71.6 Å². The highest BCUT2D eigenvalue weighted by Gasteiger charge is 2.35. The first-order chi connectivity index (χ1) is 16.3. The van der Waals surface area contributed by atoms with Gasteiger partial charge in [-0.25, -0.2) is 8.42 Å². The Hall–Kier alpha value is -3.52. The maximum atomic E-state index is 13.8. The van der Waals surface area contributed by atoms with Crippen molar-refractivity contribution >= 4 is 27.3 Å². The lowest BCUT2D eigenvalue weighted by Gasteiger charge is -2.29. The molecule has 1 atom stereocenters. The zero-order chi connectivity index (χ0) is 24.5. The SMILES string of the molecule is COc1ccc(S(=O)(=O)N(CC(=O)N2c3ccccc3C[C@H]2C)c2ccc(C)cc2)cc1OC. The molecular formula is C26H28N2O5S. The van der Waals surface area contributed by atoms with Crippen molar-refractivity contribution in [3.63, 3.8) is 0 Å². The molecule has 0 saturated carbocycles. The van der Waals surface area contributed by atoms with Gasteiger partial charge in [0.25, 0.3) is 10.0 Å². The van der Waals surface area contributed by atoms with Gasteiger partial charge in [-0.1, -0.05) is 35.9 Å². The van der Waals surface area contributed by atoms with E-state index in [9.17, 15) is 13.2 Å². The summed E-state index contributed by atoms with van der Waals surface area (Å²) >= 11 is 0. The Balaban J connectivity index is 1.75. The smallest absolute Gasteiger partial charge is 0.264 e. The number of fused-ring (bicyclic) bond motifs is 1. The summed E-state index contributed by atoms with van der Waals surface area (Å²) in [5, 5.41) is 0. The molecule has 4 rings (SSSR count). The van der Waals surface area contributed by atoms with Crippen LogP contribution in [0.25, 0.3) is 0 Å². The van der Waals surface area contributed by atoms with Crippen molar-refractivity contribution in [3.8, 4) is 11.5 Å². The average molecular weight is 481 g/mol. The highest BCUT2D eigenvalue weighted by Crippen LogP contribution is 2.34. The summed E-state index contributed by atoms with van der Waals surface area (Å²) in [5.74, 6) is 0.421. The zero-order valence-corrected chi connectivity index (χ0v) is 20.5. The quantitative estimate of drug-likeness (QED) is 0.507. The average Bonchev–Trinajstić information content (AvgIpc) is 3.18. The number of anilines is 2. The van der Waals surface area contributed by atoms with E-state index < -0.39 is 10.0 Å². The molecular weight excluding hydrogens is 452 g/mol. The van der Waals surface area contributed by atoms with Crippen molar-refractivity contribution in [2.45, 2.75) is 31.2 Å². The molecule has 0 saturated heterocycles. The fraction of sp³-hybridized carbons (Fsp3) is 0.269. The van der Waals surface area contributed by atoms with Crippen LogP contribution in [0.5, 0.6) is 11.5 Å². The lowest BCUT2D eigenvalue weighted by molar-refractivity contribution is -0.117. The van der Waals surface area contributed by atoms with Crippen molar-refractivity contribution in [1.82, 2.24) is 0 Å². The Morgan fingerprint density at radius 1 is 1.00 bits per heavy atom. The molecule has 1 aliphatic rings. The van der Waals surface area contributed by atoms with Crippen LogP contribution in [0.4, 0.5) is 11.4 Å². The van der Waals surface area contributed by atoms with Crippen LogP contribution in [0, 0.1) is 6.92 Å². The Kier molecular flexibility index (Phi) is 6.52. The fourth-order valence-electron chi connectivity index (χ4n) is 4.27. The number of ether oxygens (including phenoxy) is 2. The van der Waals surface area contributed by atoms with Gasteiger partial charge in [-0.15, -0.1) is 0 Å². The summed E-state index contributed by atoms with van der Waals surface area (Å²) in [7, 11) is -1.16. The molecule has 8 heteroatoms. The third-order valence-electron chi connectivity index (χ3n) is 6.02. The Morgan fingerprint density at radius 3 is 2.35 bits per heavy atom. The van der Waals surface area contributed by atoms with Crippen molar-refractivity contribution in [2.75, 3.05) is 30.0 Å². The minimum Gasteiger partial charge on any atom is -0.493 e. The zero-order valence-electron chi connectivity index (χ0n) is 19.7. The number of sulfonamides is 1. The lowest BCUT2D eigenvalue weighted by Crippen LogP contribution is -2.45. The first-order valence-corrected chi connectivity index (χ1v) is 12.4. The van der Waals surface area contributed by atoms with E-state index in [1.54, 1.807) is 23.1 Å². The fourth-order valence-corrected chi connectivity index (χ4v) is 5.71. The van der Waals surface area contributed by atoms with Gasteiger partial charge in [0.15, 0.2) is 11.5 Å². The van der Waals surface area contributed by atoms with Crippen LogP contribution in [0.1, 0.15) is 18.1 Å². The molecule has 7 nitrogen and oxygen atoms in total. The molecule has 0 aromatic heterocycles. The summed E-state index contributed by atoms with van der Waals surface area (Å²) in [6.45, 7) is 3.56. The van der Waals surface area contributed by atoms with Gasteiger partial charge in [-0.2, -0.15) is 0 Å². The molecule has 0 aliphatic carbocycles. The predicted octanol–water partition coefficient (Wildman–Crippen LogP) is 4.19. The van der Waals surface area contributed by atoms with Crippen LogP contribution >= 0.6 is 0 Å². The molecule has 1 amide bonds. The Labute approximate surface area is 200 Å². The van der Waals surface area contributed by atoms with Gasteiger partial charge in [-0.3, -0.25) is 9.10 Å². The Bertz CT molecular complexity index is 1310. The standard InChI is InChI=1S/C26H28N2O5S/c1-18-9-11-21(12-10-18)27(34(30,31)22-13-14-24(32-3)25(16-22)33-4)17-26(29)28-19(2)15-20-7-5-6-8-23(20)28/h5-14,16,19H,15,17H2,1-4H3/t19-/m1/s1. The van der Waals surface area contributed by atoms with E-state index in [2.05, 4.69) is 0 Å². The molecule has 0 N–H and O–H groups in total. The summed E-state index contributed by atoms with van der Waals surface area (Å²) in [6.07, 6.45) is 0.731. The highest BCUT2D eigenvalue weighted by atomic mass is 32.2. The molecule has 0 fully saturated rings. The number of nitrogens with zero attached hydrogens (tertiary/aromatic N) is 2. The summed E-state index contributed by atoms with van der Waals surface area (Å²) in [6, 6.07) is 19.1. The van der Waals surface area contributed by atoms with Crippen molar-refractivity contribution < 1.29 is 22.7 Å². The number of hydrogen-bond acceptors (Lipinski definition) is 5. The number of hydrogen-bond donors (Lipinski definition) is 0. The minimum absolute atomic E-state index is 0.00777. The molecule has 34 heavy (non-hydrogen) atoms. The Morgan fingerprint density at radius 2 is 1.68 bits per heavy atom. The van der Waals surface area contributed by atoms with E-state index in [-0.39, 0.29) is 23.4 Å². The van der Waals surface area contributed by atoms with Crippen LogP contribution in [-0.4, -0.2) is 41.1 Å². The topological polar surface area (TPSA) is 76.2 Å². The number of carbonyl (C=O) groups is 1. The highest BCUT2D eigenvalue weighted by molar-refractivity contribution is 7.92. The molecule has 1 heterocycles. The van der Waals surface area contributed by atoms with E-state index in [0.29, 0.717) is 17.2 Å². The van der Waals surface area contributed by atoms with Crippen LogP contribution < -0.4 is 18.7 Å². The number of amides is 1. The van der Waals surface area contributed by atoms with Crippen LogP contribution in [0.2, 0.25) is 0 Å². The molecule has 1 aliphatic heterocycles. The largest absolute Gasteiger partial charge is 0.493 e. The van der Waals surface area contributed by atoms with Gasteiger partial charge in [0.2, 0.25) is 5.91 Å². The van der Waals surface area contributed by atoms with Gasteiger partial charge in [0.1, 0.15) is 6.54 Å². The summed E-state index contributed by atoms with van der Waals surface area (Å²) in [5.41, 5.74) is 3.30. The number of aryl methyl sites for hydroxylation is 1. The first-order valence-electron chi connectivity index (χ1n) is 11.0. The maximum absolute atomic E-state index is 13.8. The summed E-state index contributed by atoms with van der Waals surface area (Å²) in [4.78, 5) is 15.2. The van der Waals surface area contributed by atoms with E-state index >= 15 is 0 Å². The van der Waals surface area contributed by atoms with Gasteiger partial charge in [0, 0.05) is 17.8 Å². The molecule has 3 aromatic carbocycles. The number of para-hydroxylation sites is 1. The van der Waals surface area contributed by atoms with Gasteiger partial charge >= 0.3 is 0 Å². The van der Waals surface area contributed by atoms with Crippen molar-refractivity contribution in [3.05, 3.63) is 77.9 Å². The molecule has 3 aromatic rings. The van der Waals surface area contributed by atoms with Gasteiger partial charge in [0.05, 0.1) is 24.8 Å². The number of carbonyl (C=O) groups excluding carboxylic acids is 1. The molecule has 0 bridgehead atoms. The van der Waals surface area contributed by atoms with E-state index in [1.807, 2.05) is 50.2 Å². The third kappa shape index (κ3) is 4.33. The minimum atomic E-state index is -4.09. The van der Waals surface area contributed by atoms with Crippen LogP contribution in [0.3, 0.4) is 0 Å². The number of rotatable bonds is 7. The monoisotopic (exact) mass is 480 g/mol.